The lowest BCUT2D eigenvalue weighted by Crippen LogP contribution is -2.29. The van der Waals surface area contributed by atoms with E-state index in [1.807, 2.05) is 0 Å². The van der Waals surface area contributed by atoms with Crippen LogP contribution in [0.4, 0.5) is 0 Å². The molecule has 0 radical (unpaired) electrons. The van der Waals surface area contributed by atoms with Gasteiger partial charge in [-0.1, -0.05) is 66.2 Å². The second kappa shape index (κ2) is 9.46. The molecule has 2 unspecified atom stereocenters. The molecule has 0 aliphatic heterocycles. The molecular weight excluding hydrogens is 211 g/mol. The van der Waals surface area contributed by atoms with Crippen LogP contribution in [0.15, 0.2) is 0 Å². The lowest BCUT2D eigenvalue weighted by Gasteiger charge is -2.36. The normalized spacial score (nSPS) is 14.1. The molecule has 0 nitrogen and oxygen atoms in total. The first-order chi connectivity index (χ1) is 7.64. The van der Waals surface area contributed by atoms with Crippen LogP contribution in [-0.2, 0) is 0 Å². The van der Waals surface area contributed by atoms with E-state index in [9.17, 15) is 0 Å². The third-order valence-corrected chi connectivity index (χ3v) is 5.57. The first kappa shape index (κ1) is 16.4. The van der Waals surface area contributed by atoms with Crippen LogP contribution < -0.4 is 0 Å². The van der Waals surface area contributed by atoms with Gasteiger partial charge in [-0.3, -0.25) is 0 Å². The Morgan fingerprint density at radius 3 is 1.88 bits per heavy atom. The van der Waals surface area contributed by atoms with E-state index in [0.717, 1.165) is 5.92 Å². The van der Waals surface area contributed by atoms with Crippen molar-refractivity contribution in [1.29, 1.82) is 0 Å². The Bertz CT molecular complexity index is 150. The van der Waals surface area contributed by atoms with Gasteiger partial charge in [-0.2, -0.15) is 0 Å². The molecule has 0 N–H and O–H groups in total. The molecule has 0 amide bonds. The molecule has 0 fully saturated rings. The van der Waals surface area contributed by atoms with Crippen molar-refractivity contribution in [3.8, 4) is 0 Å². The monoisotopic (exact) mass is 244 g/mol. The van der Waals surface area contributed by atoms with Gasteiger partial charge in [0.25, 0.3) is 0 Å². The largest absolute Gasteiger partial charge is 0.131 e. The second-order valence-electron chi connectivity index (χ2n) is 5.25. The quantitative estimate of drug-likeness (QED) is 0.336. The lowest BCUT2D eigenvalue weighted by atomic mass is 9.81. The average molecular weight is 244 g/mol. The number of unbranched alkanes of at least 4 members (excludes halogenated alkanes) is 4. The Morgan fingerprint density at radius 1 is 0.875 bits per heavy atom. The molecular formula is C15H33P. The molecule has 0 heterocycles. The van der Waals surface area contributed by atoms with Gasteiger partial charge in [-0.15, -0.1) is 9.24 Å². The van der Waals surface area contributed by atoms with Crippen molar-refractivity contribution in [3.63, 3.8) is 0 Å². The minimum absolute atomic E-state index is 0.513. The third kappa shape index (κ3) is 5.67. The summed E-state index contributed by atoms with van der Waals surface area (Å²) in [5.74, 6) is 0.911. The molecule has 0 bridgehead atoms. The fraction of sp³-hybridized carbons (Fsp3) is 1.00. The number of hydrogen-bond acceptors (Lipinski definition) is 0. The van der Waals surface area contributed by atoms with Crippen molar-refractivity contribution < 1.29 is 0 Å². The molecule has 0 rings (SSSR count). The van der Waals surface area contributed by atoms with Gasteiger partial charge in [-0.25, -0.2) is 0 Å². The van der Waals surface area contributed by atoms with E-state index in [1.165, 1.54) is 57.8 Å². The Hall–Kier alpha value is 0.430. The van der Waals surface area contributed by atoms with Crippen LogP contribution in [0.25, 0.3) is 0 Å². The van der Waals surface area contributed by atoms with Crippen LogP contribution in [0.3, 0.4) is 0 Å². The van der Waals surface area contributed by atoms with Crippen LogP contribution in [0.1, 0.15) is 85.5 Å². The third-order valence-electron chi connectivity index (χ3n) is 4.28. The SMILES string of the molecule is CCCCCCCC(CC)C(P)(CC)CC. The maximum absolute atomic E-state index is 3.16. The maximum Gasteiger partial charge on any atom is -0.0127 e. The van der Waals surface area contributed by atoms with Gasteiger partial charge in [0.15, 0.2) is 0 Å². The van der Waals surface area contributed by atoms with Crippen LogP contribution in [-0.4, -0.2) is 5.16 Å². The Morgan fingerprint density at radius 2 is 1.44 bits per heavy atom. The predicted molar refractivity (Wildman–Crippen MR) is 80.2 cm³/mol. The Balaban J connectivity index is 3.90. The summed E-state index contributed by atoms with van der Waals surface area (Å²) in [7, 11) is 3.16. The zero-order chi connectivity index (χ0) is 12.4. The zero-order valence-corrected chi connectivity index (χ0v) is 13.2. The minimum atomic E-state index is 0.513. The van der Waals surface area contributed by atoms with Crippen molar-refractivity contribution in [2.45, 2.75) is 90.6 Å². The van der Waals surface area contributed by atoms with Crippen LogP contribution in [0, 0.1) is 5.92 Å². The van der Waals surface area contributed by atoms with Crippen molar-refractivity contribution in [1.82, 2.24) is 0 Å². The fourth-order valence-electron chi connectivity index (χ4n) is 2.72. The highest BCUT2D eigenvalue weighted by molar-refractivity contribution is 7.19. The molecule has 0 saturated heterocycles. The highest BCUT2D eigenvalue weighted by Crippen LogP contribution is 2.39. The van der Waals surface area contributed by atoms with Crippen molar-refractivity contribution >= 4 is 9.24 Å². The van der Waals surface area contributed by atoms with Crippen molar-refractivity contribution in [2.75, 3.05) is 0 Å². The first-order valence-corrected chi connectivity index (χ1v) is 8.01. The summed E-state index contributed by atoms with van der Waals surface area (Å²) in [4.78, 5) is 0. The molecule has 0 aromatic rings. The van der Waals surface area contributed by atoms with Gasteiger partial charge in [0.2, 0.25) is 0 Å². The van der Waals surface area contributed by atoms with E-state index in [0.29, 0.717) is 5.16 Å². The van der Waals surface area contributed by atoms with E-state index in [4.69, 9.17) is 0 Å². The van der Waals surface area contributed by atoms with Gasteiger partial charge in [-0.05, 0) is 30.3 Å². The van der Waals surface area contributed by atoms with Crippen molar-refractivity contribution in [3.05, 3.63) is 0 Å². The molecule has 0 spiro atoms. The molecule has 0 saturated carbocycles. The van der Waals surface area contributed by atoms with Gasteiger partial charge < -0.3 is 0 Å². The molecule has 1 heteroatoms. The van der Waals surface area contributed by atoms with Gasteiger partial charge in [0, 0.05) is 0 Å². The summed E-state index contributed by atoms with van der Waals surface area (Å²) < 4.78 is 0. The predicted octanol–water partition coefficient (Wildman–Crippen LogP) is 5.81. The smallest absolute Gasteiger partial charge is 0.0127 e. The minimum Gasteiger partial charge on any atom is -0.131 e. The van der Waals surface area contributed by atoms with Gasteiger partial charge in [0.05, 0.1) is 0 Å². The number of rotatable bonds is 10. The molecule has 0 aliphatic carbocycles. The first-order valence-electron chi connectivity index (χ1n) is 7.43. The van der Waals surface area contributed by atoms with Crippen LogP contribution >= 0.6 is 9.24 Å². The van der Waals surface area contributed by atoms with Gasteiger partial charge in [0.1, 0.15) is 0 Å². The molecule has 0 aromatic heterocycles. The number of hydrogen-bond donors (Lipinski definition) is 0. The van der Waals surface area contributed by atoms with E-state index in [-0.39, 0.29) is 0 Å². The summed E-state index contributed by atoms with van der Waals surface area (Å²) in [6, 6.07) is 0. The second-order valence-corrected chi connectivity index (χ2v) is 6.40. The molecule has 16 heavy (non-hydrogen) atoms. The highest BCUT2D eigenvalue weighted by atomic mass is 31.0. The lowest BCUT2D eigenvalue weighted by molar-refractivity contribution is 0.313. The average Bonchev–Trinajstić information content (AvgIpc) is 2.33. The molecule has 0 aliphatic rings. The Labute approximate surface area is 106 Å². The van der Waals surface area contributed by atoms with E-state index >= 15 is 0 Å². The van der Waals surface area contributed by atoms with E-state index in [2.05, 4.69) is 36.9 Å². The maximum atomic E-state index is 3.16. The molecule has 2 atom stereocenters. The van der Waals surface area contributed by atoms with Crippen LogP contribution in [0.2, 0.25) is 0 Å². The summed E-state index contributed by atoms with van der Waals surface area (Å²) in [6.07, 6.45) is 12.5. The summed E-state index contributed by atoms with van der Waals surface area (Å²) in [5, 5.41) is 0.513. The molecule has 0 aromatic carbocycles. The summed E-state index contributed by atoms with van der Waals surface area (Å²) >= 11 is 0. The van der Waals surface area contributed by atoms with Crippen LogP contribution in [0.5, 0.6) is 0 Å². The zero-order valence-electron chi connectivity index (χ0n) is 12.0. The standard InChI is InChI=1S/C15H33P/c1-5-9-10-11-12-13-14(6-2)15(16,7-3)8-4/h14H,5-13,16H2,1-4H3. The van der Waals surface area contributed by atoms with E-state index in [1.54, 1.807) is 0 Å². The molecule has 98 valence electrons. The van der Waals surface area contributed by atoms with E-state index < -0.39 is 0 Å². The summed E-state index contributed by atoms with van der Waals surface area (Å²) in [6.45, 7) is 9.34. The summed E-state index contributed by atoms with van der Waals surface area (Å²) in [5.41, 5.74) is 0. The topological polar surface area (TPSA) is 0 Å². The fourth-order valence-corrected chi connectivity index (χ4v) is 3.12. The Kier molecular flexibility index (Phi) is 9.71. The van der Waals surface area contributed by atoms with Crippen molar-refractivity contribution in [2.24, 2.45) is 5.92 Å². The van der Waals surface area contributed by atoms with Gasteiger partial charge >= 0.3 is 0 Å². The highest BCUT2D eigenvalue weighted by Gasteiger charge is 2.28.